The molecule has 1 fully saturated rings. The van der Waals surface area contributed by atoms with Gasteiger partial charge in [0, 0.05) is 26.1 Å². The van der Waals surface area contributed by atoms with Gasteiger partial charge in [0.25, 0.3) is 5.91 Å². The minimum atomic E-state index is -0.304. The van der Waals surface area contributed by atoms with Crippen molar-refractivity contribution in [2.45, 2.75) is 38.8 Å². The maximum atomic E-state index is 12.5. The van der Waals surface area contributed by atoms with Crippen molar-refractivity contribution in [3.63, 3.8) is 0 Å². The summed E-state index contributed by atoms with van der Waals surface area (Å²) in [5, 5.41) is 0. The van der Waals surface area contributed by atoms with Crippen LogP contribution in [0.25, 0.3) is 0 Å². The summed E-state index contributed by atoms with van der Waals surface area (Å²) in [6.07, 6.45) is 1.99. The van der Waals surface area contributed by atoms with E-state index in [-0.39, 0.29) is 12.0 Å². The molecule has 1 amide bonds. The lowest BCUT2D eigenvalue weighted by molar-refractivity contribution is -0.141. The first-order chi connectivity index (χ1) is 10.1. The standard InChI is InChI=1S/C16H22N2O2S/c1-12-4-6-13(7-5-12)11-18(9-8-15(17)21)16(19)14-3-2-10-20-14/h4-7,14H,2-3,8-11H2,1H3,(H2,17,21). The number of ether oxygens (including phenoxy) is 1. The predicted octanol–water partition coefficient (Wildman–Crippen LogP) is 2.18. The molecular weight excluding hydrogens is 284 g/mol. The number of hydrogen-bond acceptors (Lipinski definition) is 3. The quantitative estimate of drug-likeness (QED) is 0.819. The van der Waals surface area contributed by atoms with E-state index < -0.39 is 0 Å². The molecule has 1 aliphatic rings. The van der Waals surface area contributed by atoms with Crippen molar-refractivity contribution in [1.29, 1.82) is 0 Å². The second-order valence-corrected chi connectivity index (χ2v) is 5.99. The predicted molar refractivity (Wildman–Crippen MR) is 87.0 cm³/mol. The van der Waals surface area contributed by atoms with Gasteiger partial charge in [0.2, 0.25) is 0 Å². The summed E-state index contributed by atoms with van der Waals surface area (Å²) < 4.78 is 5.50. The van der Waals surface area contributed by atoms with Crippen LogP contribution in [0.2, 0.25) is 0 Å². The maximum Gasteiger partial charge on any atom is 0.252 e. The zero-order valence-electron chi connectivity index (χ0n) is 12.4. The zero-order valence-corrected chi connectivity index (χ0v) is 13.2. The van der Waals surface area contributed by atoms with Gasteiger partial charge < -0.3 is 15.4 Å². The molecule has 1 aliphatic heterocycles. The Kier molecular flexibility index (Phi) is 5.70. The van der Waals surface area contributed by atoms with Crippen LogP contribution < -0.4 is 5.73 Å². The molecule has 0 bridgehead atoms. The van der Waals surface area contributed by atoms with Gasteiger partial charge in [-0.25, -0.2) is 0 Å². The third-order valence-corrected chi connectivity index (χ3v) is 3.84. The highest BCUT2D eigenvalue weighted by atomic mass is 32.1. The molecule has 1 aromatic rings. The summed E-state index contributed by atoms with van der Waals surface area (Å²) in [5.74, 6) is 0.0457. The minimum absolute atomic E-state index is 0.0457. The van der Waals surface area contributed by atoms with E-state index in [1.165, 1.54) is 5.56 Å². The molecule has 114 valence electrons. The molecule has 4 nitrogen and oxygen atoms in total. The zero-order chi connectivity index (χ0) is 15.2. The van der Waals surface area contributed by atoms with Crippen LogP contribution in [0.3, 0.4) is 0 Å². The van der Waals surface area contributed by atoms with E-state index >= 15 is 0 Å². The molecule has 2 N–H and O–H groups in total. The van der Waals surface area contributed by atoms with Gasteiger partial charge in [-0.2, -0.15) is 0 Å². The molecule has 21 heavy (non-hydrogen) atoms. The Hall–Kier alpha value is -1.46. The van der Waals surface area contributed by atoms with E-state index in [2.05, 4.69) is 12.1 Å². The summed E-state index contributed by atoms with van der Waals surface area (Å²) in [4.78, 5) is 14.8. The summed E-state index contributed by atoms with van der Waals surface area (Å²) in [6.45, 7) is 3.83. The van der Waals surface area contributed by atoms with Gasteiger partial charge in [-0.3, -0.25) is 4.79 Å². The number of rotatable bonds is 6. The number of thiocarbonyl (C=S) groups is 1. The number of carbonyl (C=O) groups excluding carboxylic acids is 1. The van der Waals surface area contributed by atoms with Gasteiger partial charge in [0.05, 0.1) is 4.99 Å². The third-order valence-electron chi connectivity index (χ3n) is 3.64. The van der Waals surface area contributed by atoms with Gasteiger partial charge in [-0.05, 0) is 25.3 Å². The molecule has 1 saturated heterocycles. The van der Waals surface area contributed by atoms with E-state index in [1.807, 2.05) is 19.1 Å². The highest BCUT2D eigenvalue weighted by Crippen LogP contribution is 2.17. The smallest absolute Gasteiger partial charge is 0.252 e. The lowest BCUT2D eigenvalue weighted by Crippen LogP contribution is -2.40. The van der Waals surface area contributed by atoms with Crippen LogP contribution in [0, 0.1) is 6.92 Å². The fourth-order valence-electron chi connectivity index (χ4n) is 2.40. The minimum Gasteiger partial charge on any atom is -0.393 e. The molecule has 2 rings (SSSR count). The van der Waals surface area contributed by atoms with Crippen molar-refractivity contribution >= 4 is 23.1 Å². The Morgan fingerprint density at radius 2 is 2.14 bits per heavy atom. The summed E-state index contributed by atoms with van der Waals surface area (Å²) in [5.41, 5.74) is 7.88. The Labute approximate surface area is 131 Å². The van der Waals surface area contributed by atoms with Crippen molar-refractivity contribution < 1.29 is 9.53 Å². The number of hydrogen-bond donors (Lipinski definition) is 1. The van der Waals surface area contributed by atoms with Gasteiger partial charge in [0.1, 0.15) is 6.10 Å². The summed E-state index contributed by atoms with van der Waals surface area (Å²) >= 11 is 4.93. The molecule has 0 aromatic heterocycles. The molecule has 1 unspecified atom stereocenters. The molecule has 1 heterocycles. The van der Waals surface area contributed by atoms with Crippen LogP contribution in [0.4, 0.5) is 0 Å². The monoisotopic (exact) mass is 306 g/mol. The lowest BCUT2D eigenvalue weighted by atomic mass is 10.1. The summed E-state index contributed by atoms with van der Waals surface area (Å²) in [6, 6.07) is 8.20. The average Bonchev–Trinajstić information content (AvgIpc) is 2.98. The van der Waals surface area contributed by atoms with E-state index in [0.717, 1.165) is 18.4 Å². The number of amides is 1. The molecule has 0 aliphatic carbocycles. The summed E-state index contributed by atoms with van der Waals surface area (Å²) in [7, 11) is 0. The van der Waals surface area contributed by atoms with Crippen molar-refractivity contribution in [3.8, 4) is 0 Å². The SMILES string of the molecule is Cc1ccc(CN(CCC(N)=S)C(=O)C2CCCO2)cc1. The van der Waals surface area contributed by atoms with Crippen LogP contribution in [-0.4, -0.2) is 35.1 Å². The molecule has 0 spiro atoms. The molecule has 5 heteroatoms. The van der Waals surface area contributed by atoms with E-state index in [4.69, 9.17) is 22.7 Å². The fourth-order valence-corrected chi connectivity index (χ4v) is 2.49. The van der Waals surface area contributed by atoms with Crippen molar-refractivity contribution in [3.05, 3.63) is 35.4 Å². The topological polar surface area (TPSA) is 55.6 Å². The van der Waals surface area contributed by atoms with Gasteiger partial charge in [-0.15, -0.1) is 0 Å². The van der Waals surface area contributed by atoms with Crippen molar-refractivity contribution in [2.75, 3.05) is 13.2 Å². The van der Waals surface area contributed by atoms with Crippen LogP contribution in [0.15, 0.2) is 24.3 Å². The second kappa shape index (κ2) is 7.52. The molecular formula is C16H22N2O2S. The first kappa shape index (κ1) is 15.9. The normalized spacial score (nSPS) is 17.7. The number of benzene rings is 1. The Balaban J connectivity index is 2.05. The van der Waals surface area contributed by atoms with Gasteiger partial charge in [-0.1, -0.05) is 42.0 Å². The Morgan fingerprint density at radius 1 is 1.43 bits per heavy atom. The van der Waals surface area contributed by atoms with Crippen molar-refractivity contribution in [2.24, 2.45) is 5.73 Å². The molecule has 0 radical (unpaired) electrons. The van der Waals surface area contributed by atoms with Crippen LogP contribution in [-0.2, 0) is 16.1 Å². The van der Waals surface area contributed by atoms with Crippen LogP contribution >= 0.6 is 12.2 Å². The van der Waals surface area contributed by atoms with E-state index in [0.29, 0.717) is 31.1 Å². The first-order valence-electron chi connectivity index (χ1n) is 7.30. The van der Waals surface area contributed by atoms with Gasteiger partial charge in [0.15, 0.2) is 0 Å². The molecule has 1 atom stereocenters. The number of carbonyl (C=O) groups is 1. The van der Waals surface area contributed by atoms with Crippen LogP contribution in [0.5, 0.6) is 0 Å². The number of nitrogens with two attached hydrogens (primary N) is 1. The van der Waals surface area contributed by atoms with E-state index in [9.17, 15) is 4.79 Å². The first-order valence-corrected chi connectivity index (χ1v) is 7.71. The molecule has 1 aromatic carbocycles. The lowest BCUT2D eigenvalue weighted by Gasteiger charge is -2.25. The highest BCUT2D eigenvalue weighted by molar-refractivity contribution is 7.80. The van der Waals surface area contributed by atoms with E-state index in [1.54, 1.807) is 4.90 Å². The van der Waals surface area contributed by atoms with Crippen LogP contribution in [0.1, 0.15) is 30.4 Å². The number of aryl methyl sites for hydroxylation is 1. The van der Waals surface area contributed by atoms with Gasteiger partial charge >= 0.3 is 0 Å². The second-order valence-electron chi connectivity index (χ2n) is 5.46. The largest absolute Gasteiger partial charge is 0.393 e. The fraction of sp³-hybridized carbons (Fsp3) is 0.500. The molecule has 0 saturated carbocycles. The maximum absolute atomic E-state index is 12.5. The number of nitrogens with zero attached hydrogens (tertiary/aromatic N) is 1. The average molecular weight is 306 g/mol. The van der Waals surface area contributed by atoms with Crippen molar-refractivity contribution in [1.82, 2.24) is 4.90 Å². The Bertz CT molecular complexity index is 496. The Morgan fingerprint density at radius 3 is 2.71 bits per heavy atom. The highest BCUT2D eigenvalue weighted by Gasteiger charge is 2.28. The third kappa shape index (κ3) is 4.79.